The molecule has 2 atom stereocenters. The zero-order valence-electron chi connectivity index (χ0n) is 14.2. The van der Waals surface area contributed by atoms with Crippen LogP contribution in [0, 0.1) is 0 Å². The van der Waals surface area contributed by atoms with Crippen molar-refractivity contribution in [2.75, 3.05) is 19.6 Å². The van der Waals surface area contributed by atoms with Gasteiger partial charge in [-0.3, -0.25) is 9.58 Å². The highest BCUT2D eigenvalue weighted by Gasteiger charge is 2.38. The van der Waals surface area contributed by atoms with Crippen molar-refractivity contribution in [1.29, 1.82) is 0 Å². The van der Waals surface area contributed by atoms with E-state index >= 15 is 0 Å². The summed E-state index contributed by atoms with van der Waals surface area (Å²) >= 11 is 0. The van der Waals surface area contributed by atoms with Gasteiger partial charge in [0.05, 0.1) is 5.69 Å². The number of likely N-dealkylation sites (tertiary alicyclic amines) is 1. The Balaban J connectivity index is 2.15. The quantitative estimate of drug-likeness (QED) is 0.838. The molecule has 1 saturated heterocycles. The Morgan fingerprint density at radius 3 is 2.52 bits per heavy atom. The van der Waals surface area contributed by atoms with Crippen molar-refractivity contribution in [2.45, 2.75) is 64.5 Å². The van der Waals surface area contributed by atoms with Crippen molar-refractivity contribution in [3.05, 3.63) is 18.0 Å². The summed E-state index contributed by atoms with van der Waals surface area (Å²) in [5.41, 5.74) is 1.41. The third-order valence-corrected chi connectivity index (χ3v) is 5.18. The van der Waals surface area contributed by atoms with Crippen LogP contribution in [0.2, 0.25) is 0 Å². The summed E-state index contributed by atoms with van der Waals surface area (Å²) in [6.07, 6.45) is 8.31. The molecule has 1 fully saturated rings. The second-order valence-corrected chi connectivity index (χ2v) is 6.55. The first-order valence-electron chi connectivity index (χ1n) is 8.57. The van der Waals surface area contributed by atoms with E-state index in [4.69, 9.17) is 0 Å². The van der Waals surface area contributed by atoms with Gasteiger partial charge >= 0.3 is 0 Å². The van der Waals surface area contributed by atoms with Crippen molar-refractivity contribution in [3.63, 3.8) is 0 Å². The number of piperidine rings is 1. The van der Waals surface area contributed by atoms with Gasteiger partial charge in [0, 0.05) is 31.2 Å². The van der Waals surface area contributed by atoms with Gasteiger partial charge in [-0.25, -0.2) is 0 Å². The van der Waals surface area contributed by atoms with E-state index in [0.29, 0.717) is 6.04 Å². The molecule has 1 N–H and O–H groups in total. The molecular weight excluding hydrogens is 260 g/mol. The Morgan fingerprint density at radius 1 is 1.29 bits per heavy atom. The lowest BCUT2D eigenvalue weighted by Gasteiger charge is -2.48. The van der Waals surface area contributed by atoms with E-state index < -0.39 is 0 Å². The monoisotopic (exact) mass is 292 g/mol. The summed E-state index contributed by atoms with van der Waals surface area (Å²) in [6.45, 7) is 10.5. The predicted octanol–water partition coefficient (Wildman–Crippen LogP) is 2.60. The number of hydrogen-bond acceptors (Lipinski definition) is 3. The predicted molar refractivity (Wildman–Crippen MR) is 88.5 cm³/mol. The first-order valence-corrected chi connectivity index (χ1v) is 8.57. The van der Waals surface area contributed by atoms with Gasteiger partial charge < -0.3 is 5.32 Å². The van der Waals surface area contributed by atoms with Gasteiger partial charge in [0.15, 0.2) is 0 Å². The topological polar surface area (TPSA) is 33.1 Å². The van der Waals surface area contributed by atoms with Gasteiger partial charge in [0.2, 0.25) is 0 Å². The lowest BCUT2D eigenvalue weighted by Crippen LogP contribution is -2.61. The Kier molecular flexibility index (Phi) is 5.82. The number of nitrogens with zero attached hydrogens (tertiary/aromatic N) is 3. The third kappa shape index (κ3) is 3.86. The van der Waals surface area contributed by atoms with Crippen molar-refractivity contribution in [2.24, 2.45) is 7.05 Å². The van der Waals surface area contributed by atoms with Crippen LogP contribution in [0.1, 0.15) is 52.1 Å². The molecule has 0 aromatic carbocycles. The summed E-state index contributed by atoms with van der Waals surface area (Å²) in [6, 6.07) is 2.61. The van der Waals surface area contributed by atoms with Crippen LogP contribution in [0.5, 0.6) is 0 Å². The average molecular weight is 292 g/mol. The fourth-order valence-electron chi connectivity index (χ4n) is 3.63. The highest BCUT2D eigenvalue weighted by molar-refractivity contribution is 5.07. The van der Waals surface area contributed by atoms with E-state index in [0.717, 1.165) is 13.0 Å². The van der Waals surface area contributed by atoms with E-state index in [-0.39, 0.29) is 5.54 Å². The van der Waals surface area contributed by atoms with Crippen LogP contribution in [0.25, 0.3) is 0 Å². The Labute approximate surface area is 129 Å². The number of rotatable bonds is 7. The zero-order valence-corrected chi connectivity index (χ0v) is 14.2. The molecule has 4 heteroatoms. The minimum absolute atomic E-state index is 0.216. The molecule has 0 radical (unpaired) electrons. The normalized spacial score (nSPS) is 21.1. The minimum Gasteiger partial charge on any atom is -0.312 e. The molecule has 1 aromatic heterocycles. The molecule has 2 heterocycles. The van der Waals surface area contributed by atoms with Crippen LogP contribution >= 0.6 is 0 Å². The van der Waals surface area contributed by atoms with Crippen LogP contribution in [0.4, 0.5) is 0 Å². The number of hydrogen-bond donors (Lipinski definition) is 1. The van der Waals surface area contributed by atoms with Crippen LogP contribution in [0.15, 0.2) is 12.3 Å². The van der Waals surface area contributed by atoms with Gasteiger partial charge in [0.25, 0.3) is 0 Å². The van der Waals surface area contributed by atoms with E-state index in [1.165, 1.54) is 44.5 Å². The van der Waals surface area contributed by atoms with Crippen LogP contribution in [0.3, 0.4) is 0 Å². The summed E-state index contributed by atoms with van der Waals surface area (Å²) in [5.74, 6) is 0. The summed E-state index contributed by atoms with van der Waals surface area (Å²) in [5, 5.41) is 8.32. The molecule has 1 aliphatic heterocycles. The largest absolute Gasteiger partial charge is 0.312 e. The minimum atomic E-state index is 0.216. The molecule has 0 saturated carbocycles. The molecule has 0 spiro atoms. The van der Waals surface area contributed by atoms with Gasteiger partial charge in [-0.05, 0) is 51.9 Å². The highest BCUT2D eigenvalue weighted by Crippen LogP contribution is 2.29. The average Bonchev–Trinajstić information content (AvgIpc) is 2.92. The van der Waals surface area contributed by atoms with Crippen LogP contribution in [-0.4, -0.2) is 45.9 Å². The van der Waals surface area contributed by atoms with Gasteiger partial charge in [0.1, 0.15) is 0 Å². The molecular formula is C17H32N4. The van der Waals surface area contributed by atoms with Crippen molar-refractivity contribution in [1.82, 2.24) is 20.0 Å². The maximum Gasteiger partial charge on any atom is 0.0640 e. The summed E-state index contributed by atoms with van der Waals surface area (Å²) in [7, 11) is 2.00. The molecule has 0 amide bonds. The van der Waals surface area contributed by atoms with Gasteiger partial charge in [-0.15, -0.1) is 0 Å². The molecule has 21 heavy (non-hydrogen) atoms. The van der Waals surface area contributed by atoms with Crippen LogP contribution < -0.4 is 5.32 Å². The number of aromatic nitrogens is 2. The Bertz CT molecular complexity index is 422. The van der Waals surface area contributed by atoms with E-state index in [1.54, 1.807) is 0 Å². The zero-order chi connectivity index (χ0) is 15.3. The highest BCUT2D eigenvalue weighted by atomic mass is 15.3. The fourth-order valence-corrected chi connectivity index (χ4v) is 3.63. The smallest absolute Gasteiger partial charge is 0.0640 e. The van der Waals surface area contributed by atoms with Gasteiger partial charge in [-0.2, -0.15) is 5.10 Å². The fraction of sp³-hybridized carbons (Fsp3) is 0.824. The Hall–Kier alpha value is -0.870. The SMILES string of the molecule is CCNC(Cc1ccn(C)n1)C(C)(CC)N1CCCCC1. The number of likely N-dealkylation sites (N-methyl/N-ethyl adjacent to an activating group) is 1. The Morgan fingerprint density at radius 2 is 2.00 bits per heavy atom. The first-order chi connectivity index (χ1) is 10.1. The standard InChI is InChI=1S/C17H32N4/c1-5-17(3,21-11-8-7-9-12-21)16(18-6-2)14-15-10-13-20(4)19-15/h10,13,16,18H,5-9,11-12,14H2,1-4H3. The summed E-state index contributed by atoms with van der Waals surface area (Å²) in [4.78, 5) is 2.72. The van der Waals surface area contributed by atoms with Gasteiger partial charge in [-0.1, -0.05) is 20.3 Å². The lowest BCUT2D eigenvalue weighted by molar-refractivity contribution is 0.0431. The van der Waals surface area contributed by atoms with Crippen molar-refractivity contribution < 1.29 is 0 Å². The van der Waals surface area contributed by atoms with E-state index in [9.17, 15) is 0 Å². The maximum absolute atomic E-state index is 4.58. The molecule has 0 bridgehead atoms. The van der Waals surface area contributed by atoms with Crippen molar-refractivity contribution >= 4 is 0 Å². The van der Waals surface area contributed by atoms with Crippen molar-refractivity contribution in [3.8, 4) is 0 Å². The molecule has 1 aliphatic rings. The first kappa shape index (κ1) is 16.5. The lowest BCUT2D eigenvalue weighted by atomic mass is 9.83. The molecule has 2 rings (SSSR count). The number of aryl methyl sites for hydroxylation is 1. The number of nitrogens with one attached hydrogen (secondary N) is 1. The molecule has 1 aromatic rings. The summed E-state index contributed by atoms with van der Waals surface area (Å²) < 4.78 is 1.91. The molecule has 2 unspecified atom stereocenters. The maximum atomic E-state index is 4.58. The third-order valence-electron chi connectivity index (χ3n) is 5.18. The van der Waals surface area contributed by atoms with Crippen LogP contribution in [-0.2, 0) is 13.5 Å². The van der Waals surface area contributed by atoms with E-state index in [1.807, 2.05) is 17.9 Å². The molecule has 120 valence electrons. The van der Waals surface area contributed by atoms with E-state index in [2.05, 4.69) is 42.2 Å². The second-order valence-electron chi connectivity index (χ2n) is 6.55. The molecule has 0 aliphatic carbocycles. The molecule has 4 nitrogen and oxygen atoms in total. The second kappa shape index (κ2) is 7.41.